The fourth-order valence-electron chi connectivity index (χ4n) is 1.48. The van der Waals surface area contributed by atoms with Crippen LogP contribution in [0, 0.1) is 5.41 Å². The van der Waals surface area contributed by atoms with Gasteiger partial charge in [-0.05, 0) is 33.5 Å². The standard InChI is InChI=1S/C10H19NO/c1-10(8-9(10)12)6-4-5-7-11(2)3/h4-8H2,1-3H3. The van der Waals surface area contributed by atoms with Gasteiger partial charge in [-0.2, -0.15) is 0 Å². The van der Waals surface area contributed by atoms with Crippen molar-refractivity contribution < 1.29 is 4.79 Å². The van der Waals surface area contributed by atoms with E-state index in [9.17, 15) is 4.79 Å². The van der Waals surface area contributed by atoms with Crippen molar-refractivity contribution in [2.45, 2.75) is 32.6 Å². The minimum Gasteiger partial charge on any atom is -0.309 e. The smallest absolute Gasteiger partial charge is 0.140 e. The van der Waals surface area contributed by atoms with Crippen LogP contribution in [0.25, 0.3) is 0 Å². The molecule has 0 radical (unpaired) electrons. The lowest BCUT2D eigenvalue weighted by Gasteiger charge is -2.10. The maximum absolute atomic E-state index is 10.9. The normalized spacial score (nSPS) is 28.2. The molecule has 2 nitrogen and oxygen atoms in total. The van der Waals surface area contributed by atoms with E-state index in [4.69, 9.17) is 0 Å². The van der Waals surface area contributed by atoms with Crippen LogP contribution in [0.3, 0.4) is 0 Å². The minimum absolute atomic E-state index is 0.0896. The molecule has 1 fully saturated rings. The minimum atomic E-state index is 0.0896. The van der Waals surface area contributed by atoms with Gasteiger partial charge in [0.2, 0.25) is 0 Å². The van der Waals surface area contributed by atoms with E-state index >= 15 is 0 Å². The van der Waals surface area contributed by atoms with Crippen LogP contribution in [-0.4, -0.2) is 31.3 Å². The lowest BCUT2D eigenvalue weighted by atomic mass is 10.0. The maximum Gasteiger partial charge on any atom is 0.140 e. The first-order valence-corrected chi connectivity index (χ1v) is 4.73. The molecule has 0 heterocycles. The highest BCUT2D eigenvalue weighted by molar-refractivity contribution is 6.00. The van der Waals surface area contributed by atoms with Gasteiger partial charge in [0.15, 0.2) is 0 Å². The predicted molar refractivity (Wildman–Crippen MR) is 50.1 cm³/mol. The first-order chi connectivity index (χ1) is 5.54. The van der Waals surface area contributed by atoms with Crippen molar-refractivity contribution in [1.82, 2.24) is 4.90 Å². The summed E-state index contributed by atoms with van der Waals surface area (Å²) < 4.78 is 0. The van der Waals surface area contributed by atoms with Gasteiger partial charge in [0.1, 0.15) is 5.78 Å². The zero-order chi connectivity index (χ0) is 9.19. The number of carbonyl (C=O) groups is 1. The Morgan fingerprint density at radius 3 is 2.42 bits per heavy atom. The van der Waals surface area contributed by atoms with Gasteiger partial charge in [0, 0.05) is 11.8 Å². The Morgan fingerprint density at radius 2 is 2.00 bits per heavy atom. The first-order valence-electron chi connectivity index (χ1n) is 4.73. The molecule has 1 atom stereocenters. The summed E-state index contributed by atoms with van der Waals surface area (Å²) in [7, 11) is 4.17. The van der Waals surface area contributed by atoms with Crippen LogP contribution in [-0.2, 0) is 4.79 Å². The molecule has 1 unspecified atom stereocenters. The van der Waals surface area contributed by atoms with E-state index in [-0.39, 0.29) is 5.41 Å². The molecule has 0 saturated heterocycles. The summed E-state index contributed by atoms with van der Waals surface area (Å²) in [6, 6.07) is 0. The monoisotopic (exact) mass is 169 g/mol. The summed E-state index contributed by atoms with van der Waals surface area (Å²) in [5.74, 6) is 0.465. The molecule has 0 aromatic heterocycles. The molecule has 0 bridgehead atoms. The van der Waals surface area contributed by atoms with Gasteiger partial charge in [0.05, 0.1) is 0 Å². The number of carbonyl (C=O) groups excluding carboxylic acids is 1. The van der Waals surface area contributed by atoms with E-state index in [1.165, 1.54) is 12.8 Å². The molecule has 12 heavy (non-hydrogen) atoms. The average molecular weight is 169 g/mol. The summed E-state index contributed by atoms with van der Waals surface area (Å²) in [5.41, 5.74) is 0.0896. The Bertz CT molecular complexity index is 177. The molecular weight excluding hydrogens is 150 g/mol. The summed E-state index contributed by atoms with van der Waals surface area (Å²) in [6.07, 6.45) is 4.34. The van der Waals surface area contributed by atoms with E-state index in [1.54, 1.807) is 0 Å². The van der Waals surface area contributed by atoms with E-state index in [2.05, 4.69) is 25.9 Å². The number of nitrogens with zero attached hydrogens (tertiary/aromatic N) is 1. The van der Waals surface area contributed by atoms with Crippen LogP contribution in [0.4, 0.5) is 0 Å². The summed E-state index contributed by atoms with van der Waals surface area (Å²) >= 11 is 0. The molecule has 0 spiro atoms. The fourth-order valence-corrected chi connectivity index (χ4v) is 1.48. The van der Waals surface area contributed by atoms with Crippen LogP contribution in [0.5, 0.6) is 0 Å². The molecule has 0 aromatic rings. The number of Topliss-reactive ketones (excluding diaryl/α,β-unsaturated/α-hetero) is 1. The van der Waals surface area contributed by atoms with Crippen molar-refractivity contribution in [1.29, 1.82) is 0 Å². The molecule has 0 N–H and O–H groups in total. The van der Waals surface area contributed by atoms with Crippen molar-refractivity contribution >= 4 is 5.78 Å². The molecule has 2 heteroatoms. The third-order valence-corrected chi connectivity index (χ3v) is 2.68. The summed E-state index contributed by atoms with van der Waals surface area (Å²) in [4.78, 5) is 13.1. The zero-order valence-corrected chi connectivity index (χ0v) is 8.39. The number of unbranched alkanes of at least 4 members (excludes halogenated alkanes) is 1. The number of hydrogen-bond donors (Lipinski definition) is 0. The van der Waals surface area contributed by atoms with Gasteiger partial charge < -0.3 is 4.90 Å². The second-order valence-corrected chi connectivity index (χ2v) is 4.42. The summed E-state index contributed by atoms with van der Waals surface area (Å²) in [5, 5.41) is 0. The molecule has 0 aromatic carbocycles. The highest BCUT2D eigenvalue weighted by Gasteiger charge is 2.47. The van der Waals surface area contributed by atoms with Gasteiger partial charge in [-0.15, -0.1) is 0 Å². The second-order valence-electron chi connectivity index (χ2n) is 4.42. The molecule has 0 aliphatic heterocycles. The SMILES string of the molecule is CN(C)CCCCC1(C)CC1=O. The zero-order valence-electron chi connectivity index (χ0n) is 8.39. The van der Waals surface area contributed by atoms with Crippen LogP contribution in [0.1, 0.15) is 32.6 Å². The van der Waals surface area contributed by atoms with Crippen molar-refractivity contribution in [2.24, 2.45) is 5.41 Å². The third kappa shape index (κ3) is 2.59. The predicted octanol–water partition coefficient (Wildman–Crippen LogP) is 1.70. The molecule has 1 saturated carbocycles. The lowest BCUT2D eigenvalue weighted by molar-refractivity contribution is -0.112. The third-order valence-electron chi connectivity index (χ3n) is 2.68. The molecule has 1 rings (SSSR count). The number of ketones is 1. The van der Waals surface area contributed by atoms with Gasteiger partial charge >= 0.3 is 0 Å². The molecule has 1 aliphatic carbocycles. The van der Waals surface area contributed by atoms with Crippen molar-refractivity contribution in [3.63, 3.8) is 0 Å². The van der Waals surface area contributed by atoms with Gasteiger partial charge in [-0.25, -0.2) is 0 Å². The lowest BCUT2D eigenvalue weighted by Crippen LogP contribution is -2.13. The Hall–Kier alpha value is -0.370. The Balaban J connectivity index is 2.00. The maximum atomic E-state index is 10.9. The molecular formula is C10H19NO. The highest BCUT2D eigenvalue weighted by atomic mass is 16.1. The Labute approximate surface area is 74.9 Å². The molecule has 1 aliphatic rings. The van der Waals surface area contributed by atoms with Crippen LogP contribution in [0.2, 0.25) is 0 Å². The first kappa shape index (κ1) is 9.72. The van der Waals surface area contributed by atoms with Crippen molar-refractivity contribution in [3.05, 3.63) is 0 Å². The fraction of sp³-hybridized carbons (Fsp3) is 0.900. The quantitative estimate of drug-likeness (QED) is 0.584. The van der Waals surface area contributed by atoms with Gasteiger partial charge in [-0.1, -0.05) is 13.3 Å². The molecule has 70 valence electrons. The van der Waals surface area contributed by atoms with Crippen LogP contribution in [0.15, 0.2) is 0 Å². The largest absolute Gasteiger partial charge is 0.309 e. The molecule has 0 amide bonds. The van der Waals surface area contributed by atoms with Crippen molar-refractivity contribution in [2.75, 3.05) is 20.6 Å². The Morgan fingerprint density at radius 1 is 1.42 bits per heavy atom. The number of hydrogen-bond acceptors (Lipinski definition) is 2. The number of rotatable bonds is 5. The van der Waals surface area contributed by atoms with E-state index in [0.717, 1.165) is 19.4 Å². The van der Waals surface area contributed by atoms with Gasteiger partial charge in [-0.3, -0.25) is 4.79 Å². The Kier molecular flexibility index (Phi) is 2.89. The van der Waals surface area contributed by atoms with E-state index in [0.29, 0.717) is 5.78 Å². The van der Waals surface area contributed by atoms with Gasteiger partial charge in [0.25, 0.3) is 0 Å². The topological polar surface area (TPSA) is 20.3 Å². The van der Waals surface area contributed by atoms with Crippen LogP contribution >= 0.6 is 0 Å². The van der Waals surface area contributed by atoms with Crippen molar-refractivity contribution in [3.8, 4) is 0 Å². The van der Waals surface area contributed by atoms with E-state index in [1.807, 2.05) is 0 Å². The second kappa shape index (κ2) is 3.56. The average Bonchev–Trinajstić information content (AvgIpc) is 2.53. The van der Waals surface area contributed by atoms with Crippen LogP contribution < -0.4 is 0 Å². The highest BCUT2D eigenvalue weighted by Crippen LogP contribution is 2.44. The van der Waals surface area contributed by atoms with E-state index < -0.39 is 0 Å². The summed E-state index contributed by atoms with van der Waals surface area (Å²) in [6.45, 7) is 3.23.